The summed E-state index contributed by atoms with van der Waals surface area (Å²) in [6, 6.07) is 4.50. The van der Waals surface area contributed by atoms with E-state index in [1.54, 1.807) is 11.0 Å². The van der Waals surface area contributed by atoms with Crippen molar-refractivity contribution in [3.8, 4) is 0 Å². The highest BCUT2D eigenvalue weighted by atomic mass is 35.5. The van der Waals surface area contributed by atoms with Crippen LogP contribution in [-0.2, 0) is 0 Å². The van der Waals surface area contributed by atoms with Crippen molar-refractivity contribution < 1.29 is 9.18 Å². The van der Waals surface area contributed by atoms with Gasteiger partial charge in [0.15, 0.2) is 5.82 Å². The molecule has 1 heterocycles. The van der Waals surface area contributed by atoms with Gasteiger partial charge in [-0.1, -0.05) is 24.6 Å². The Bertz CT molecular complexity index is 481. The number of rotatable bonds is 2. The summed E-state index contributed by atoms with van der Waals surface area (Å²) in [6.07, 6.45) is 0.899. The number of likely N-dealkylation sites (tertiary alicyclic amines) is 1. The average Bonchev–Trinajstić information content (AvgIpc) is 2.41. The van der Waals surface area contributed by atoms with E-state index in [0.717, 1.165) is 6.42 Å². The molecule has 0 aliphatic carbocycles. The molecule has 1 fully saturated rings. The van der Waals surface area contributed by atoms with Crippen LogP contribution in [0.4, 0.5) is 4.39 Å². The lowest BCUT2D eigenvalue weighted by Gasteiger charge is -2.36. The second-order valence-corrected chi connectivity index (χ2v) is 5.52. The maximum atomic E-state index is 13.9. The van der Waals surface area contributed by atoms with Gasteiger partial charge in [-0.15, -0.1) is 0 Å². The fourth-order valence-corrected chi connectivity index (χ4v) is 2.65. The Morgan fingerprint density at radius 3 is 3.00 bits per heavy atom. The summed E-state index contributed by atoms with van der Waals surface area (Å²) in [5.74, 6) is -0.166. The first-order chi connectivity index (χ1) is 9.04. The van der Waals surface area contributed by atoms with E-state index in [-0.39, 0.29) is 22.4 Å². The largest absolute Gasteiger partial charge is 0.338 e. The van der Waals surface area contributed by atoms with Gasteiger partial charge in [0.05, 0.1) is 10.6 Å². The van der Waals surface area contributed by atoms with Gasteiger partial charge in [-0.25, -0.2) is 4.39 Å². The van der Waals surface area contributed by atoms with Gasteiger partial charge in [-0.3, -0.25) is 4.79 Å². The molecule has 2 atom stereocenters. The first-order valence-corrected chi connectivity index (χ1v) is 6.85. The SMILES string of the molecule is CC1CCN(C(=O)c2cccc(Cl)c2F)CC1CN. The molecule has 3 nitrogen and oxygen atoms in total. The first-order valence-electron chi connectivity index (χ1n) is 6.48. The van der Waals surface area contributed by atoms with E-state index in [1.807, 2.05) is 0 Å². The van der Waals surface area contributed by atoms with E-state index in [4.69, 9.17) is 17.3 Å². The molecule has 104 valence electrons. The van der Waals surface area contributed by atoms with Crippen LogP contribution in [0.1, 0.15) is 23.7 Å². The zero-order valence-corrected chi connectivity index (χ0v) is 11.7. The van der Waals surface area contributed by atoms with Gasteiger partial charge < -0.3 is 10.6 Å². The minimum atomic E-state index is -0.642. The Morgan fingerprint density at radius 1 is 1.58 bits per heavy atom. The van der Waals surface area contributed by atoms with Crippen LogP contribution in [0.3, 0.4) is 0 Å². The number of hydrogen-bond acceptors (Lipinski definition) is 2. The molecule has 1 aliphatic heterocycles. The number of halogens is 2. The molecule has 0 aromatic heterocycles. The molecule has 2 unspecified atom stereocenters. The Morgan fingerprint density at radius 2 is 2.32 bits per heavy atom. The number of hydrogen-bond donors (Lipinski definition) is 1. The molecule has 2 N–H and O–H groups in total. The fourth-order valence-electron chi connectivity index (χ4n) is 2.48. The fraction of sp³-hybridized carbons (Fsp3) is 0.500. The monoisotopic (exact) mass is 284 g/mol. The Kier molecular flexibility index (Phi) is 4.42. The van der Waals surface area contributed by atoms with E-state index in [2.05, 4.69) is 6.92 Å². The molecule has 19 heavy (non-hydrogen) atoms. The highest BCUT2D eigenvalue weighted by molar-refractivity contribution is 6.31. The lowest BCUT2D eigenvalue weighted by molar-refractivity contribution is 0.0614. The van der Waals surface area contributed by atoms with Crippen LogP contribution >= 0.6 is 11.6 Å². The molecular formula is C14H18ClFN2O. The van der Waals surface area contributed by atoms with Crippen LogP contribution in [0.5, 0.6) is 0 Å². The normalized spacial score (nSPS) is 23.5. The highest BCUT2D eigenvalue weighted by Gasteiger charge is 2.29. The van der Waals surface area contributed by atoms with E-state index in [9.17, 15) is 9.18 Å². The predicted octanol–water partition coefficient (Wildman–Crippen LogP) is 2.54. The van der Waals surface area contributed by atoms with E-state index in [0.29, 0.717) is 25.6 Å². The third kappa shape index (κ3) is 2.90. The van der Waals surface area contributed by atoms with Gasteiger partial charge in [0.1, 0.15) is 0 Å². The van der Waals surface area contributed by atoms with E-state index < -0.39 is 5.82 Å². The molecule has 1 aliphatic rings. The quantitative estimate of drug-likeness (QED) is 0.907. The number of piperidine rings is 1. The number of benzene rings is 1. The summed E-state index contributed by atoms with van der Waals surface area (Å²) < 4.78 is 13.9. The van der Waals surface area contributed by atoms with Gasteiger partial charge in [0.25, 0.3) is 5.91 Å². The maximum Gasteiger partial charge on any atom is 0.256 e. The van der Waals surface area contributed by atoms with Crippen molar-refractivity contribution in [1.29, 1.82) is 0 Å². The minimum absolute atomic E-state index is 0.0217. The van der Waals surface area contributed by atoms with Gasteiger partial charge in [0.2, 0.25) is 0 Å². The van der Waals surface area contributed by atoms with Crippen molar-refractivity contribution in [2.75, 3.05) is 19.6 Å². The molecule has 1 amide bonds. The third-order valence-corrected chi connectivity index (χ3v) is 4.18. The Labute approximate surface area is 117 Å². The highest BCUT2D eigenvalue weighted by Crippen LogP contribution is 2.25. The third-order valence-electron chi connectivity index (χ3n) is 3.89. The van der Waals surface area contributed by atoms with Crippen molar-refractivity contribution in [3.63, 3.8) is 0 Å². The summed E-state index contributed by atoms with van der Waals surface area (Å²) in [5.41, 5.74) is 5.76. The Balaban J connectivity index is 2.18. The lowest BCUT2D eigenvalue weighted by atomic mass is 9.87. The van der Waals surface area contributed by atoms with Gasteiger partial charge >= 0.3 is 0 Å². The van der Waals surface area contributed by atoms with E-state index >= 15 is 0 Å². The van der Waals surface area contributed by atoms with Crippen molar-refractivity contribution in [2.24, 2.45) is 17.6 Å². The average molecular weight is 285 g/mol. The number of carbonyl (C=O) groups excluding carboxylic acids is 1. The summed E-state index contributed by atoms with van der Waals surface area (Å²) >= 11 is 5.71. The van der Waals surface area contributed by atoms with Crippen molar-refractivity contribution in [3.05, 3.63) is 34.6 Å². The van der Waals surface area contributed by atoms with Gasteiger partial charge in [-0.2, -0.15) is 0 Å². The predicted molar refractivity (Wildman–Crippen MR) is 73.6 cm³/mol. The van der Waals surface area contributed by atoms with E-state index in [1.165, 1.54) is 12.1 Å². The smallest absolute Gasteiger partial charge is 0.256 e. The maximum absolute atomic E-state index is 13.9. The number of nitrogens with zero attached hydrogens (tertiary/aromatic N) is 1. The molecule has 0 saturated carbocycles. The molecule has 0 radical (unpaired) electrons. The van der Waals surface area contributed by atoms with Crippen molar-refractivity contribution in [2.45, 2.75) is 13.3 Å². The zero-order chi connectivity index (χ0) is 14.0. The second-order valence-electron chi connectivity index (χ2n) is 5.11. The summed E-state index contributed by atoms with van der Waals surface area (Å²) in [6.45, 7) is 3.91. The molecule has 1 aromatic rings. The molecular weight excluding hydrogens is 267 g/mol. The molecule has 1 saturated heterocycles. The van der Waals surface area contributed by atoms with Crippen LogP contribution in [0, 0.1) is 17.7 Å². The van der Waals surface area contributed by atoms with Gasteiger partial charge in [-0.05, 0) is 36.9 Å². The molecule has 0 spiro atoms. The van der Waals surface area contributed by atoms with Crippen molar-refractivity contribution >= 4 is 17.5 Å². The number of amides is 1. The second kappa shape index (κ2) is 5.88. The van der Waals surface area contributed by atoms with Crippen LogP contribution in [-0.4, -0.2) is 30.4 Å². The van der Waals surface area contributed by atoms with Crippen LogP contribution in [0.25, 0.3) is 0 Å². The molecule has 5 heteroatoms. The van der Waals surface area contributed by atoms with Gasteiger partial charge in [0, 0.05) is 13.1 Å². The molecule has 1 aromatic carbocycles. The summed E-state index contributed by atoms with van der Waals surface area (Å²) in [5, 5.41) is -0.0217. The van der Waals surface area contributed by atoms with Crippen LogP contribution < -0.4 is 5.73 Å². The first kappa shape index (κ1) is 14.3. The summed E-state index contributed by atoms with van der Waals surface area (Å²) in [7, 11) is 0. The minimum Gasteiger partial charge on any atom is -0.338 e. The topological polar surface area (TPSA) is 46.3 Å². The lowest BCUT2D eigenvalue weighted by Crippen LogP contribution is -2.45. The van der Waals surface area contributed by atoms with Crippen LogP contribution in [0.15, 0.2) is 18.2 Å². The molecule has 0 bridgehead atoms. The van der Waals surface area contributed by atoms with Crippen molar-refractivity contribution in [1.82, 2.24) is 4.90 Å². The number of nitrogens with two attached hydrogens (primary N) is 1. The Hall–Kier alpha value is -1.13. The standard InChI is InChI=1S/C14H18ClFN2O/c1-9-5-6-18(8-10(9)7-17)14(19)11-3-2-4-12(15)13(11)16/h2-4,9-10H,5-8,17H2,1H3. The van der Waals surface area contributed by atoms with Crippen LogP contribution in [0.2, 0.25) is 5.02 Å². The number of carbonyl (C=O) groups is 1. The molecule has 2 rings (SSSR count). The summed E-state index contributed by atoms with van der Waals surface area (Å²) in [4.78, 5) is 14.0. The zero-order valence-electron chi connectivity index (χ0n) is 10.9.